The number of nitrogens with one attached hydrogen (secondary N) is 1. The number of hydrogen-bond acceptors (Lipinski definition) is 4. The normalized spacial score (nSPS) is 14.3. The van der Waals surface area contributed by atoms with Crippen molar-refractivity contribution >= 4 is 17.0 Å². The number of ether oxygens (including phenoxy) is 1. The Hall–Kier alpha value is -3.93. The van der Waals surface area contributed by atoms with Crippen LogP contribution < -0.4 is 5.32 Å². The van der Waals surface area contributed by atoms with Gasteiger partial charge in [0.2, 0.25) is 0 Å². The molecule has 0 spiro atoms. The molecule has 5 aromatic rings. The Bertz CT molecular complexity index is 1440. The van der Waals surface area contributed by atoms with E-state index in [2.05, 4.69) is 93.6 Å². The number of aromatic nitrogens is 2. The molecular weight excluding hydrogens is 432 g/mol. The number of nitrogens with zero attached hydrogens (tertiary/aromatic N) is 3. The van der Waals surface area contributed by atoms with Crippen molar-refractivity contribution in [2.45, 2.75) is 6.54 Å². The number of imidazole rings is 1. The Balaban J connectivity index is 1.26. The predicted octanol–water partition coefficient (Wildman–Crippen LogP) is 6.24. The number of rotatable bonds is 6. The summed E-state index contributed by atoms with van der Waals surface area (Å²) in [7, 11) is 0. The molecule has 174 valence electrons. The van der Waals surface area contributed by atoms with E-state index in [0.29, 0.717) is 0 Å². The lowest BCUT2D eigenvalue weighted by atomic mass is 10.0. The predicted molar refractivity (Wildman–Crippen MR) is 142 cm³/mol. The molecule has 1 N–H and O–H groups in total. The molecule has 2 aromatic heterocycles. The van der Waals surface area contributed by atoms with Gasteiger partial charge in [-0.05, 0) is 59.2 Å². The van der Waals surface area contributed by atoms with Crippen molar-refractivity contribution in [1.29, 1.82) is 0 Å². The van der Waals surface area contributed by atoms with Crippen LogP contribution in [0.5, 0.6) is 0 Å². The fourth-order valence-corrected chi connectivity index (χ4v) is 4.68. The first-order valence-electron chi connectivity index (χ1n) is 12.1. The summed E-state index contributed by atoms with van der Waals surface area (Å²) < 4.78 is 7.64. The van der Waals surface area contributed by atoms with E-state index in [9.17, 15) is 0 Å². The average molecular weight is 461 g/mol. The minimum absolute atomic E-state index is 0.823. The Morgan fingerprint density at radius 3 is 2.40 bits per heavy atom. The lowest BCUT2D eigenvalue weighted by Crippen LogP contribution is -2.35. The molecule has 0 amide bonds. The number of pyridine rings is 1. The summed E-state index contributed by atoms with van der Waals surface area (Å²) in [5, 5.41) is 3.48. The summed E-state index contributed by atoms with van der Waals surface area (Å²) >= 11 is 0. The zero-order valence-corrected chi connectivity index (χ0v) is 19.6. The summed E-state index contributed by atoms with van der Waals surface area (Å²) in [6.45, 7) is 4.60. The van der Waals surface area contributed by atoms with Crippen LogP contribution in [0.25, 0.3) is 28.0 Å². The van der Waals surface area contributed by atoms with Crippen LogP contribution in [0.4, 0.5) is 11.4 Å². The van der Waals surface area contributed by atoms with Crippen LogP contribution >= 0.6 is 0 Å². The van der Waals surface area contributed by atoms with Crippen molar-refractivity contribution in [2.75, 3.05) is 31.6 Å². The molecule has 5 heteroatoms. The zero-order chi connectivity index (χ0) is 23.5. The second-order valence-electron chi connectivity index (χ2n) is 8.95. The van der Waals surface area contributed by atoms with Crippen LogP contribution in [0.1, 0.15) is 5.56 Å². The van der Waals surface area contributed by atoms with Gasteiger partial charge >= 0.3 is 0 Å². The van der Waals surface area contributed by atoms with E-state index in [4.69, 9.17) is 9.72 Å². The third-order valence-electron chi connectivity index (χ3n) is 6.50. The van der Waals surface area contributed by atoms with Crippen LogP contribution in [-0.4, -0.2) is 40.6 Å². The van der Waals surface area contributed by atoms with E-state index >= 15 is 0 Å². The van der Waals surface area contributed by atoms with Crippen LogP contribution in [0.2, 0.25) is 0 Å². The molecule has 1 fully saturated rings. The van der Waals surface area contributed by atoms with Crippen molar-refractivity contribution in [1.82, 2.24) is 14.3 Å². The van der Waals surface area contributed by atoms with Gasteiger partial charge < -0.3 is 10.1 Å². The molecule has 35 heavy (non-hydrogen) atoms. The fraction of sp³-hybridized carbons (Fsp3) is 0.167. The van der Waals surface area contributed by atoms with E-state index in [1.807, 2.05) is 24.4 Å². The summed E-state index contributed by atoms with van der Waals surface area (Å²) in [6.07, 6.45) is 4.08. The Morgan fingerprint density at radius 2 is 1.51 bits per heavy atom. The first-order chi connectivity index (χ1) is 17.3. The maximum Gasteiger partial charge on any atom is 0.137 e. The number of benzene rings is 3. The molecule has 6 rings (SSSR count). The second-order valence-corrected chi connectivity index (χ2v) is 8.95. The Labute approximate surface area is 205 Å². The first kappa shape index (κ1) is 21.6. The first-order valence-corrected chi connectivity index (χ1v) is 12.1. The fourth-order valence-electron chi connectivity index (χ4n) is 4.68. The topological polar surface area (TPSA) is 41.8 Å². The highest BCUT2D eigenvalue weighted by Crippen LogP contribution is 2.28. The molecule has 5 nitrogen and oxygen atoms in total. The third kappa shape index (κ3) is 4.83. The zero-order valence-electron chi connectivity index (χ0n) is 19.6. The Kier molecular flexibility index (Phi) is 6.01. The molecule has 1 saturated heterocycles. The summed E-state index contributed by atoms with van der Waals surface area (Å²) in [5.41, 5.74) is 8.99. The number of fused-ring (bicyclic) bond motifs is 1. The van der Waals surface area contributed by atoms with Gasteiger partial charge in [0.15, 0.2) is 0 Å². The van der Waals surface area contributed by atoms with Gasteiger partial charge in [0, 0.05) is 42.8 Å². The minimum atomic E-state index is 0.823. The standard InChI is InChI=1S/C30H28N4O/c1-2-9-27(10-3-1)32-28-11-5-8-26(19-28)29-21-31-30-20-25(12-13-34(29)30)24-7-4-6-23(18-24)22-33-14-16-35-17-15-33/h1-13,18-21,32H,14-17,22H2. The summed E-state index contributed by atoms with van der Waals surface area (Å²) in [4.78, 5) is 7.18. The van der Waals surface area contributed by atoms with Crippen molar-refractivity contribution in [3.8, 4) is 22.4 Å². The lowest BCUT2D eigenvalue weighted by molar-refractivity contribution is 0.0342. The molecule has 0 saturated carbocycles. The van der Waals surface area contributed by atoms with Crippen LogP contribution in [-0.2, 0) is 11.3 Å². The minimum Gasteiger partial charge on any atom is -0.379 e. The molecule has 1 aliphatic heterocycles. The summed E-state index contributed by atoms with van der Waals surface area (Å²) in [5.74, 6) is 0. The highest BCUT2D eigenvalue weighted by molar-refractivity contribution is 5.73. The van der Waals surface area contributed by atoms with Gasteiger partial charge in [0.1, 0.15) is 5.65 Å². The largest absolute Gasteiger partial charge is 0.379 e. The van der Waals surface area contributed by atoms with Crippen LogP contribution in [0.15, 0.2) is 103 Å². The van der Waals surface area contributed by atoms with Crippen molar-refractivity contribution in [3.63, 3.8) is 0 Å². The van der Waals surface area contributed by atoms with Crippen molar-refractivity contribution in [3.05, 3.63) is 109 Å². The molecule has 0 radical (unpaired) electrons. The smallest absolute Gasteiger partial charge is 0.137 e. The molecule has 3 heterocycles. The van der Waals surface area contributed by atoms with Gasteiger partial charge in [-0.2, -0.15) is 0 Å². The molecule has 0 atom stereocenters. The number of morpholine rings is 1. The molecule has 1 aliphatic rings. The quantitative estimate of drug-likeness (QED) is 0.325. The van der Waals surface area contributed by atoms with Gasteiger partial charge in [0.25, 0.3) is 0 Å². The van der Waals surface area contributed by atoms with Crippen molar-refractivity contribution < 1.29 is 4.74 Å². The summed E-state index contributed by atoms with van der Waals surface area (Å²) in [6, 6.07) is 31.9. The van der Waals surface area contributed by atoms with E-state index in [0.717, 1.165) is 61.1 Å². The monoisotopic (exact) mass is 460 g/mol. The average Bonchev–Trinajstić information content (AvgIpc) is 3.34. The maximum absolute atomic E-state index is 5.48. The van der Waals surface area contributed by atoms with Crippen LogP contribution in [0.3, 0.4) is 0 Å². The van der Waals surface area contributed by atoms with Gasteiger partial charge in [-0.1, -0.05) is 48.5 Å². The van der Waals surface area contributed by atoms with Gasteiger partial charge in [-0.15, -0.1) is 0 Å². The van der Waals surface area contributed by atoms with Crippen LogP contribution in [0, 0.1) is 0 Å². The van der Waals surface area contributed by atoms with E-state index in [-0.39, 0.29) is 0 Å². The lowest BCUT2D eigenvalue weighted by Gasteiger charge is -2.26. The molecule has 0 unspecified atom stereocenters. The molecule has 0 aliphatic carbocycles. The van der Waals surface area contributed by atoms with Gasteiger partial charge in [-0.25, -0.2) is 4.98 Å². The molecule has 0 bridgehead atoms. The third-order valence-corrected chi connectivity index (χ3v) is 6.50. The molecular formula is C30H28N4O. The number of anilines is 2. The van der Waals surface area contributed by atoms with Gasteiger partial charge in [0.05, 0.1) is 25.1 Å². The van der Waals surface area contributed by atoms with E-state index in [1.54, 1.807) is 0 Å². The Morgan fingerprint density at radius 1 is 0.743 bits per heavy atom. The van der Waals surface area contributed by atoms with Crippen molar-refractivity contribution in [2.24, 2.45) is 0 Å². The molecule has 3 aromatic carbocycles. The maximum atomic E-state index is 5.48. The van der Waals surface area contributed by atoms with Gasteiger partial charge in [-0.3, -0.25) is 9.30 Å². The SMILES string of the molecule is c1ccc(Nc2cccc(-c3cnc4cc(-c5cccc(CN6CCOCC6)c5)ccn34)c2)cc1. The second kappa shape index (κ2) is 9.74. The number of para-hydroxylation sites is 1. The highest BCUT2D eigenvalue weighted by Gasteiger charge is 2.12. The van der Waals surface area contributed by atoms with E-state index < -0.39 is 0 Å². The highest BCUT2D eigenvalue weighted by atomic mass is 16.5. The van der Waals surface area contributed by atoms with E-state index in [1.165, 1.54) is 16.7 Å². The number of hydrogen-bond donors (Lipinski definition) is 1.